The van der Waals surface area contributed by atoms with Crippen molar-refractivity contribution in [3.05, 3.63) is 60.1 Å². The zero-order valence-corrected chi connectivity index (χ0v) is 17.3. The van der Waals surface area contributed by atoms with Crippen molar-refractivity contribution in [3.8, 4) is 0 Å². The largest absolute Gasteiger partial charge is 0.472 e. The summed E-state index contributed by atoms with van der Waals surface area (Å²) < 4.78 is 5.04. The summed E-state index contributed by atoms with van der Waals surface area (Å²) in [6.45, 7) is 5.95. The number of carbonyl (C=O) groups is 2. The van der Waals surface area contributed by atoms with E-state index in [9.17, 15) is 9.59 Å². The van der Waals surface area contributed by atoms with Crippen molar-refractivity contribution in [1.82, 2.24) is 14.7 Å². The van der Waals surface area contributed by atoms with E-state index >= 15 is 0 Å². The highest BCUT2D eigenvalue weighted by atomic mass is 16.3. The molecular formula is C24H29N3O3. The second kappa shape index (κ2) is 7.91. The number of rotatable bonds is 4. The molecule has 1 saturated carbocycles. The van der Waals surface area contributed by atoms with Gasteiger partial charge >= 0.3 is 0 Å². The van der Waals surface area contributed by atoms with Gasteiger partial charge in [-0.2, -0.15) is 0 Å². The van der Waals surface area contributed by atoms with Crippen LogP contribution >= 0.6 is 0 Å². The number of furan rings is 1. The Balaban J connectivity index is 1.10. The maximum atomic E-state index is 13.1. The lowest BCUT2D eigenvalue weighted by molar-refractivity contribution is -0.135. The van der Waals surface area contributed by atoms with Crippen molar-refractivity contribution in [1.29, 1.82) is 0 Å². The predicted octanol–water partition coefficient (Wildman–Crippen LogP) is 2.87. The predicted molar refractivity (Wildman–Crippen MR) is 113 cm³/mol. The van der Waals surface area contributed by atoms with Crippen LogP contribution in [0.25, 0.3) is 0 Å². The van der Waals surface area contributed by atoms with Crippen molar-refractivity contribution in [3.63, 3.8) is 0 Å². The van der Waals surface area contributed by atoms with Gasteiger partial charge in [-0.25, -0.2) is 0 Å². The molecule has 3 heterocycles. The number of benzene rings is 1. The molecule has 0 N–H and O–H groups in total. The van der Waals surface area contributed by atoms with Crippen molar-refractivity contribution in [2.45, 2.75) is 25.8 Å². The van der Waals surface area contributed by atoms with Crippen LogP contribution in [-0.2, 0) is 11.3 Å². The minimum atomic E-state index is 0.0386. The van der Waals surface area contributed by atoms with E-state index in [0.717, 1.165) is 65.1 Å². The first-order valence-corrected chi connectivity index (χ1v) is 11.0. The summed E-state index contributed by atoms with van der Waals surface area (Å²) in [5.74, 6) is 0.532. The van der Waals surface area contributed by atoms with Gasteiger partial charge in [-0.05, 0) is 36.3 Å². The molecule has 3 aliphatic rings. The second-order valence-electron chi connectivity index (χ2n) is 9.01. The van der Waals surface area contributed by atoms with Gasteiger partial charge in [-0.3, -0.25) is 14.5 Å². The number of carbonyl (C=O) groups excluding carboxylic acids is 2. The molecule has 1 aliphatic carbocycles. The summed E-state index contributed by atoms with van der Waals surface area (Å²) in [7, 11) is 0. The maximum absolute atomic E-state index is 13.1. The molecule has 0 radical (unpaired) electrons. The molecule has 1 aromatic carbocycles. The van der Waals surface area contributed by atoms with E-state index in [0.29, 0.717) is 11.5 Å². The van der Waals surface area contributed by atoms with Crippen LogP contribution in [0, 0.1) is 11.3 Å². The number of piperidine rings is 1. The highest BCUT2D eigenvalue weighted by Crippen LogP contribution is 2.60. The van der Waals surface area contributed by atoms with Gasteiger partial charge in [0, 0.05) is 51.7 Å². The Bertz CT molecular complexity index is 880. The molecule has 30 heavy (non-hydrogen) atoms. The number of likely N-dealkylation sites (tertiary alicyclic amines) is 1. The fourth-order valence-corrected chi connectivity index (χ4v) is 5.16. The average Bonchev–Trinajstić information content (AvgIpc) is 3.21. The van der Waals surface area contributed by atoms with Crippen molar-refractivity contribution >= 4 is 11.8 Å². The molecule has 6 heteroatoms. The Morgan fingerprint density at radius 2 is 1.67 bits per heavy atom. The topological polar surface area (TPSA) is 57.0 Å². The third-order valence-electron chi connectivity index (χ3n) is 7.24. The lowest BCUT2D eigenvalue weighted by Gasteiger charge is -2.36. The third kappa shape index (κ3) is 3.76. The van der Waals surface area contributed by atoms with Crippen molar-refractivity contribution in [2.24, 2.45) is 11.3 Å². The molecule has 6 nitrogen and oxygen atoms in total. The van der Waals surface area contributed by atoms with Crippen molar-refractivity contribution in [2.75, 3.05) is 39.3 Å². The van der Waals surface area contributed by atoms with Gasteiger partial charge in [0.2, 0.25) is 5.91 Å². The van der Waals surface area contributed by atoms with Gasteiger partial charge in [-0.1, -0.05) is 30.3 Å². The molecular weight excluding hydrogens is 378 g/mol. The summed E-state index contributed by atoms with van der Waals surface area (Å²) in [5.41, 5.74) is 2.07. The molecule has 1 unspecified atom stereocenters. The minimum absolute atomic E-state index is 0.0386. The molecule has 0 bridgehead atoms. The minimum Gasteiger partial charge on any atom is -0.472 e. The number of amides is 2. The van der Waals surface area contributed by atoms with Crippen LogP contribution in [0.2, 0.25) is 0 Å². The van der Waals surface area contributed by atoms with E-state index < -0.39 is 0 Å². The first-order valence-electron chi connectivity index (χ1n) is 11.0. The normalized spacial score (nSPS) is 23.5. The molecule has 2 amide bonds. The van der Waals surface area contributed by atoms with Gasteiger partial charge in [0.25, 0.3) is 5.91 Å². The molecule has 2 aromatic rings. The first kappa shape index (κ1) is 19.4. The number of hydrogen-bond acceptors (Lipinski definition) is 4. The fourth-order valence-electron chi connectivity index (χ4n) is 5.16. The molecule has 2 saturated heterocycles. The van der Waals surface area contributed by atoms with Crippen LogP contribution in [0.1, 0.15) is 35.2 Å². The van der Waals surface area contributed by atoms with Gasteiger partial charge in [0.15, 0.2) is 0 Å². The standard InChI is InChI=1S/C24H29N3O3/c28-22(20-6-15-30-18-20)26-9-7-24(8-10-26)16-21(24)23(29)27-13-11-25(12-14-27)17-19-4-2-1-3-5-19/h1-6,15,18,21H,7-14,16-17H2. The molecule has 5 rings (SSSR count). The van der Waals surface area contributed by atoms with E-state index in [1.54, 1.807) is 6.07 Å². The van der Waals surface area contributed by atoms with E-state index in [2.05, 4.69) is 34.1 Å². The number of hydrogen-bond donors (Lipinski definition) is 0. The van der Waals surface area contributed by atoms with Crippen LogP contribution < -0.4 is 0 Å². The van der Waals surface area contributed by atoms with E-state index in [1.165, 1.54) is 18.1 Å². The van der Waals surface area contributed by atoms with Gasteiger partial charge in [0.1, 0.15) is 6.26 Å². The summed E-state index contributed by atoms with van der Waals surface area (Å²) >= 11 is 0. The Kier molecular flexibility index (Phi) is 5.11. The van der Waals surface area contributed by atoms with Crippen LogP contribution in [-0.4, -0.2) is 65.8 Å². The van der Waals surface area contributed by atoms with Gasteiger partial charge in [0.05, 0.1) is 11.8 Å². The monoisotopic (exact) mass is 407 g/mol. The zero-order chi connectivity index (χ0) is 20.6. The molecule has 1 aromatic heterocycles. The molecule has 158 valence electrons. The Morgan fingerprint density at radius 3 is 2.33 bits per heavy atom. The van der Waals surface area contributed by atoms with E-state index in [-0.39, 0.29) is 17.2 Å². The number of nitrogens with zero attached hydrogens (tertiary/aromatic N) is 3. The van der Waals surface area contributed by atoms with Crippen LogP contribution in [0.5, 0.6) is 0 Å². The Labute approximate surface area is 177 Å². The Hall–Kier alpha value is -2.60. The summed E-state index contributed by atoms with van der Waals surface area (Å²) in [6.07, 6.45) is 5.90. The van der Waals surface area contributed by atoms with Crippen LogP contribution in [0.3, 0.4) is 0 Å². The summed E-state index contributed by atoms with van der Waals surface area (Å²) in [5, 5.41) is 0. The number of piperazine rings is 1. The lowest BCUT2D eigenvalue weighted by Crippen LogP contribution is -2.49. The van der Waals surface area contributed by atoms with E-state index in [4.69, 9.17) is 4.42 Å². The maximum Gasteiger partial charge on any atom is 0.257 e. The van der Waals surface area contributed by atoms with Crippen LogP contribution in [0.15, 0.2) is 53.3 Å². The second-order valence-corrected chi connectivity index (χ2v) is 9.01. The van der Waals surface area contributed by atoms with E-state index in [1.807, 2.05) is 11.0 Å². The molecule has 3 fully saturated rings. The molecule has 1 spiro atoms. The third-order valence-corrected chi connectivity index (χ3v) is 7.24. The smallest absolute Gasteiger partial charge is 0.257 e. The quantitative estimate of drug-likeness (QED) is 0.782. The summed E-state index contributed by atoms with van der Waals surface area (Å²) in [4.78, 5) is 32.0. The highest BCUT2D eigenvalue weighted by molar-refractivity contribution is 5.94. The van der Waals surface area contributed by atoms with Crippen molar-refractivity contribution < 1.29 is 14.0 Å². The molecule has 2 aliphatic heterocycles. The molecule has 1 atom stereocenters. The van der Waals surface area contributed by atoms with Gasteiger partial charge in [-0.15, -0.1) is 0 Å². The lowest BCUT2D eigenvalue weighted by atomic mass is 9.90. The summed E-state index contributed by atoms with van der Waals surface area (Å²) in [6, 6.07) is 12.2. The Morgan fingerprint density at radius 1 is 0.933 bits per heavy atom. The zero-order valence-electron chi connectivity index (χ0n) is 17.3. The van der Waals surface area contributed by atoms with Crippen LogP contribution in [0.4, 0.5) is 0 Å². The first-order chi connectivity index (χ1) is 14.6. The highest BCUT2D eigenvalue weighted by Gasteiger charge is 2.59. The SMILES string of the molecule is O=C(c1ccoc1)N1CCC2(CC1)CC2C(=O)N1CCN(Cc2ccccc2)CC1. The van der Waals surface area contributed by atoms with Gasteiger partial charge < -0.3 is 14.2 Å². The fraction of sp³-hybridized carbons (Fsp3) is 0.500. The average molecular weight is 408 g/mol.